The number of rotatable bonds is 8. The van der Waals surface area contributed by atoms with Crippen LogP contribution >= 0.6 is 0 Å². The van der Waals surface area contributed by atoms with E-state index in [4.69, 9.17) is 14.2 Å². The van der Waals surface area contributed by atoms with Crippen molar-refractivity contribution < 1.29 is 19.0 Å². The molecule has 0 heterocycles. The van der Waals surface area contributed by atoms with Crippen LogP contribution in [0.4, 0.5) is 0 Å². The third-order valence-corrected chi connectivity index (χ3v) is 4.29. The van der Waals surface area contributed by atoms with Crippen molar-refractivity contribution in [2.75, 3.05) is 14.2 Å². The fraction of sp³-hybridized carbons (Fsp3) is 0.381. The molecule has 0 fully saturated rings. The highest BCUT2D eigenvalue weighted by molar-refractivity contribution is 5.81. The van der Waals surface area contributed by atoms with Gasteiger partial charge in [-0.1, -0.05) is 25.1 Å². The first-order valence-electron chi connectivity index (χ1n) is 8.77. The van der Waals surface area contributed by atoms with Gasteiger partial charge < -0.3 is 19.5 Å². The molecule has 2 atom stereocenters. The molecule has 1 amide bonds. The van der Waals surface area contributed by atoms with Gasteiger partial charge in [-0.15, -0.1) is 0 Å². The van der Waals surface area contributed by atoms with Crippen LogP contribution in [0, 0.1) is 0 Å². The number of carbonyl (C=O) groups excluding carboxylic acids is 1. The molecule has 0 spiro atoms. The summed E-state index contributed by atoms with van der Waals surface area (Å²) in [6, 6.07) is 13.0. The highest BCUT2D eigenvalue weighted by Crippen LogP contribution is 2.29. The van der Waals surface area contributed by atoms with Gasteiger partial charge in [0, 0.05) is 5.56 Å². The van der Waals surface area contributed by atoms with Gasteiger partial charge in [-0.25, -0.2) is 0 Å². The van der Waals surface area contributed by atoms with Gasteiger partial charge in [-0.2, -0.15) is 0 Å². The summed E-state index contributed by atoms with van der Waals surface area (Å²) < 4.78 is 16.5. The number of para-hydroxylation sites is 1. The fourth-order valence-corrected chi connectivity index (χ4v) is 2.74. The SMILES string of the molecule is CCc1ccccc1O[C@@H](C)C(=O)N[C@@H](C)c1cc(OC)ccc1OC. The monoisotopic (exact) mass is 357 g/mol. The van der Waals surface area contributed by atoms with Crippen LogP contribution in [0.1, 0.15) is 37.9 Å². The van der Waals surface area contributed by atoms with E-state index in [1.165, 1.54) is 0 Å². The number of hydrogen-bond donors (Lipinski definition) is 1. The molecular weight excluding hydrogens is 330 g/mol. The van der Waals surface area contributed by atoms with Gasteiger partial charge in [-0.3, -0.25) is 4.79 Å². The molecule has 0 bridgehead atoms. The lowest BCUT2D eigenvalue weighted by molar-refractivity contribution is -0.127. The molecule has 0 aliphatic heterocycles. The Bertz CT molecular complexity index is 745. The average molecular weight is 357 g/mol. The summed E-state index contributed by atoms with van der Waals surface area (Å²) in [7, 11) is 3.21. The zero-order valence-electron chi connectivity index (χ0n) is 16.0. The van der Waals surface area contributed by atoms with Crippen molar-refractivity contribution in [1.29, 1.82) is 0 Å². The molecule has 26 heavy (non-hydrogen) atoms. The van der Waals surface area contributed by atoms with E-state index in [1.807, 2.05) is 49.4 Å². The fourth-order valence-electron chi connectivity index (χ4n) is 2.74. The summed E-state index contributed by atoms with van der Waals surface area (Å²) >= 11 is 0. The number of amides is 1. The maximum atomic E-state index is 12.6. The van der Waals surface area contributed by atoms with Crippen molar-refractivity contribution in [3.05, 3.63) is 53.6 Å². The number of aryl methyl sites for hydroxylation is 1. The average Bonchev–Trinajstić information content (AvgIpc) is 2.67. The van der Waals surface area contributed by atoms with Gasteiger partial charge in [-0.05, 0) is 50.1 Å². The standard InChI is InChI=1S/C21H27NO4/c1-6-16-9-7-8-10-19(16)26-15(3)21(23)22-14(2)18-13-17(24-4)11-12-20(18)25-5/h7-15H,6H2,1-5H3,(H,22,23)/t14-,15-/m0/s1. The third kappa shape index (κ3) is 4.69. The maximum Gasteiger partial charge on any atom is 0.261 e. The molecule has 2 aromatic carbocycles. The first-order valence-corrected chi connectivity index (χ1v) is 8.77. The number of hydrogen-bond acceptors (Lipinski definition) is 4. The van der Waals surface area contributed by atoms with Gasteiger partial charge in [0.05, 0.1) is 20.3 Å². The Hall–Kier alpha value is -2.69. The molecule has 5 nitrogen and oxygen atoms in total. The zero-order valence-corrected chi connectivity index (χ0v) is 16.0. The van der Waals surface area contributed by atoms with Crippen LogP contribution in [-0.2, 0) is 11.2 Å². The van der Waals surface area contributed by atoms with Crippen LogP contribution in [0.15, 0.2) is 42.5 Å². The van der Waals surface area contributed by atoms with E-state index >= 15 is 0 Å². The predicted octanol–water partition coefficient (Wildman–Crippen LogP) is 3.91. The molecule has 0 unspecified atom stereocenters. The van der Waals surface area contributed by atoms with Crippen molar-refractivity contribution in [2.24, 2.45) is 0 Å². The molecule has 0 aliphatic carbocycles. The summed E-state index contributed by atoms with van der Waals surface area (Å²) in [4.78, 5) is 12.6. The van der Waals surface area contributed by atoms with Crippen LogP contribution in [0.25, 0.3) is 0 Å². The molecule has 1 N–H and O–H groups in total. The van der Waals surface area contributed by atoms with E-state index in [2.05, 4.69) is 12.2 Å². The lowest BCUT2D eigenvalue weighted by Gasteiger charge is -2.21. The summed E-state index contributed by atoms with van der Waals surface area (Å²) in [6.45, 7) is 5.71. The highest BCUT2D eigenvalue weighted by atomic mass is 16.5. The number of carbonyl (C=O) groups is 1. The Morgan fingerprint density at radius 1 is 1.04 bits per heavy atom. The number of nitrogens with one attached hydrogen (secondary N) is 1. The quantitative estimate of drug-likeness (QED) is 0.778. The highest BCUT2D eigenvalue weighted by Gasteiger charge is 2.20. The Kier molecular flexibility index (Phi) is 6.89. The van der Waals surface area contributed by atoms with Crippen molar-refractivity contribution in [3.63, 3.8) is 0 Å². The van der Waals surface area contributed by atoms with Gasteiger partial charge in [0.1, 0.15) is 17.2 Å². The Balaban J connectivity index is 2.09. The minimum Gasteiger partial charge on any atom is -0.497 e. The van der Waals surface area contributed by atoms with E-state index in [0.717, 1.165) is 23.3 Å². The summed E-state index contributed by atoms with van der Waals surface area (Å²) in [5.74, 6) is 1.96. The van der Waals surface area contributed by atoms with Crippen LogP contribution in [0.3, 0.4) is 0 Å². The first kappa shape index (κ1) is 19.6. The molecule has 0 radical (unpaired) electrons. The summed E-state index contributed by atoms with van der Waals surface area (Å²) in [5, 5.41) is 2.98. The van der Waals surface area contributed by atoms with Gasteiger partial charge in [0.2, 0.25) is 0 Å². The summed E-state index contributed by atoms with van der Waals surface area (Å²) in [5.41, 5.74) is 1.93. The zero-order chi connectivity index (χ0) is 19.1. The summed E-state index contributed by atoms with van der Waals surface area (Å²) in [6.07, 6.45) is 0.240. The Morgan fingerprint density at radius 3 is 2.42 bits per heavy atom. The topological polar surface area (TPSA) is 56.8 Å². The Labute approximate surface area is 155 Å². The predicted molar refractivity (Wildman–Crippen MR) is 102 cm³/mol. The first-order chi connectivity index (χ1) is 12.5. The van der Waals surface area contributed by atoms with Gasteiger partial charge in [0.25, 0.3) is 5.91 Å². The molecule has 2 rings (SSSR count). The molecule has 0 saturated carbocycles. The minimum absolute atomic E-state index is 0.187. The molecule has 140 valence electrons. The van der Waals surface area contributed by atoms with Crippen LogP contribution in [0.2, 0.25) is 0 Å². The van der Waals surface area contributed by atoms with Crippen molar-refractivity contribution >= 4 is 5.91 Å². The second kappa shape index (κ2) is 9.13. The van der Waals surface area contributed by atoms with Crippen molar-refractivity contribution in [3.8, 4) is 17.2 Å². The smallest absolute Gasteiger partial charge is 0.261 e. The largest absolute Gasteiger partial charge is 0.497 e. The Morgan fingerprint density at radius 2 is 1.77 bits per heavy atom. The second-order valence-corrected chi connectivity index (χ2v) is 6.06. The normalized spacial score (nSPS) is 12.8. The molecule has 2 aromatic rings. The number of benzene rings is 2. The second-order valence-electron chi connectivity index (χ2n) is 6.06. The lowest BCUT2D eigenvalue weighted by Crippen LogP contribution is -2.38. The molecule has 0 aromatic heterocycles. The molecule has 0 saturated heterocycles. The van der Waals surface area contributed by atoms with Crippen molar-refractivity contribution in [2.45, 2.75) is 39.3 Å². The van der Waals surface area contributed by atoms with E-state index < -0.39 is 6.10 Å². The van der Waals surface area contributed by atoms with Gasteiger partial charge >= 0.3 is 0 Å². The number of methoxy groups -OCH3 is 2. The van der Waals surface area contributed by atoms with E-state index in [1.54, 1.807) is 21.1 Å². The minimum atomic E-state index is -0.609. The van der Waals surface area contributed by atoms with Gasteiger partial charge in [0.15, 0.2) is 6.10 Å². The van der Waals surface area contributed by atoms with E-state index in [0.29, 0.717) is 11.5 Å². The third-order valence-electron chi connectivity index (χ3n) is 4.29. The van der Waals surface area contributed by atoms with Crippen molar-refractivity contribution in [1.82, 2.24) is 5.32 Å². The van der Waals surface area contributed by atoms with Crippen LogP contribution in [-0.4, -0.2) is 26.2 Å². The van der Waals surface area contributed by atoms with Crippen LogP contribution < -0.4 is 19.5 Å². The van der Waals surface area contributed by atoms with E-state index in [9.17, 15) is 4.79 Å². The molecule has 0 aliphatic rings. The van der Waals surface area contributed by atoms with Crippen LogP contribution in [0.5, 0.6) is 17.2 Å². The maximum absolute atomic E-state index is 12.6. The number of ether oxygens (including phenoxy) is 3. The molecular formula is C21H27NO4. The lowest BCUT2D eigenvalue weighted by atomic mass is 10.1. The molecule has 5 heteroatoms. The van der Waals surface area contributed by atoms with E-state index in [-0.39, 0.29) is 11.9 Å².